The Morgan fingerprint density at radius 2 is 1.69 bits per heavy atom. The van der Waals surface area contributed by atoms with E-state index in [1.54, 1.807) is 29.2 Å². The van der Waals surface area contributed by atoms with Gasteiger partial charge in [0.05, 0.1) is 12.1 Å². The monoisotopic (exact) mass is 571 g/mol. The fraction of sp³-hybridized carbons (Fsp3) is 0.355. The van der Waals surface area contributed by atoms with Crippen LogP contribution in [0.4, 0.5) is 4.79 Å². The standard InChI is InChI=1S/C31H33N5O6/c1-19-22(17-23-5-3-4-6-26(23)33-19)13-16-42-25-9-7-21(8-10-25)27(38)32-18-31(28(39)34-30(41)35-29(31)40)24-11-14-36(15-12-24)20(2)37/h3-10,17,24H,11-16,18H2,1-2H3,(H,32,38)(H2,34,35,39,40,41). The first kappa shape index (κ1) is 28.7. The third-order valence-corrected chi connectivity index (χ3v) is 8.21. The van der Waals surface area contributed by atoms with Crippen molar-refractivity contribution in [3.63, 3.8) is 0 Å². The van der Waals surface area contributed by atoms with Gasteiger partial charge in [-0.05, 0) is 67.6 Å². The Morgan fingerprint density at radius 1 is 1.02 bits per heavy atom. The first-order chi connectivity index (χ1) is 20.2. The van der Waals surface area contributed by atoms with Gasteiger partial charge < -0.3 is 15.0 Å². The molecule has 3 aromatic rings. The Morgan fingerprint density at radius 3 is 2.36 bits per heavy atom. The van der Waals surface area contributed by atoms with Gasteiger partial charge in [-0.3, -0.25) is 34.8 Å². The topological polar surface area (TPSA) is 147 Å². The Hall–Kier alpha value is -4.80. The summed E-state index contributed by atoms with van der Waals surface area (Å²) in [5.74, 6) is -1.94. The second kappa shape index (κ2) is 12.0. The number of fused-ring (bicyclic) bond motifs is 1. The number of aryl methyl sites for hydroxylation is 1. The van der Waals surface area contributed by atoms with Crippen LogP contribution in [0.15, 0.2) is 54.6 Å². The molecule has 1 aromatic heterocycles. The second-order valence-corrected chi connectivity index (χ2v) is 10.7. The van der Waals surface area contributed by atoms with E-state index in [9.17, 15) is 24.0 Å². The van der Waals surface area contributed by atoms with Crippen LogP contribution in [0.2, 0.25) is 0 Å². The van der Waals surface area contributed by atoms with E-state index in [2.05, 4.69) is 27.0 Å². The lowest BCUT2D eigenvalue weighted by Gasteiger charge is -2.43. The normalized spacial score (nSPS) is 17.0. The average Bonchev–Trinajstić information content (AvgIpc) is 2.97. The van der Waals surface area contributed by atoms with E-state index in [-0.39, 0.29) is 12.5 Å². The number of imide groups is 2. The molecule has 42 heavy (non-hydrogen) atoms. The van der Waals surface area contributed by atoms with Crippen LogP contribution in [0.1, 0.15) is 41.4 Å². The zero-order chi connectivity index (χ0) is 29.9. The summed E-state index contributed by atoms with van der Waals surface area (Å²) in [5.41, 5.74) is 1.66. The number of nitrogens with one attached hydrogen (secondary N) is 3. The van der Waals surface area contributed by atoms with E-state index >= 15 is 0 Å². The molecule has 2 fully saturated rings. The average molecular weight is 572 g/mol. The van der Waals surface area contributed by atoms with E-state index in [0.29, 0.717) is 50.3 Å². The van der Waals surface area contributed by atoms with Crippen molar-refractivity contribution in [3.8, 4) is 5.75 Å². The number of pyridine rings is 1. The van der Waals surface area contributed by atoms with Gasteiger partial charge in [0.1, 0.15) is 11.2 Å². The van der Waals surface area contributed by atoms with E-state index < -0.39 is 35.1 Å². The van der Waals surface area contributed by atoms with Crippen molar-refractivity contribution in [2.75, 3.05) is 26.2 Å². The highest BCUT2D eigenvalue weighted by molar-refractivity contribution is 6.19. The summed E-state index contributed by atoms with van der Waals surface area (Å²) in [5, 5.41) is 8.17. The van der Waals surface area contributed by atoms with Gasteiger partial charge in [-0.15, -0.1) is 0 Å². The minimum atomic E-state index is -1.68. The van der Waals surface area contributed by atoms with Crippen molar-refractivity contribution in [2.24, 2.45) is 11.3 Å². The van der Waals surface area contributed by atoms with Crippen LogP contribution in [-0.4, -0.2) is 65.8 Å². The molecule has 11 heteroatoms. The molecule has 0 radical (unpaired) electrons. The molecule has 0 bridgehead atoms. The van der Waals surface area contributed by atoms with Crippen LogP contribution in [0.3, 0.4) is 0 Å². The maximum absolute atomic E-state index is 13.1. The van der Waals surface area contributed by atoms with Crippen LogP contribution < -0.4 is 20.7 Å². The van der Waals surface area contributed by atoms with Crippen molar-refractivity contribution < 1.29 is 28.7 Å². The molecule has 2 saturated heterocycles. The van der Waals surface area contributed by atoms with Gasteiger partial charge >= 0.3 is 6.03 Å². The number of carbonyl (C=O) groups excluding carboxylic acids is 5. The Balaban J connectivity index is 1.21. The lowest BCUT2D eigenvalue weighted by Crippen LogP contribution is -2.68. The van der Waals surface area contributed by atoms with Gasteiger partial charge in [0.25, 0.3) is 5.91 Å². The fourth-order valence-corrected chi connectivity index (χ4v) is 5.74. The zero-order valence-corrected chi connectivity index (χ0v) is 23.6. The predicted octanol–water partition coefficient (Wildman–Crippen LogP) is 2.51. The van der Waals surface area contributed by atoms with Crippen LogP contribution in [0.25, 0.3) is 10.9 Å². The number of carbonyl (C=O) groups is 5. The molecule has 0 atom stereocenters. The highest BCUT2D eigenvalue weighted by Crippen LogP contribution is 2.37. The number of ether oxygens (including phenoxy) is 1. The first-order valence-electron chi connectivity index (χ1n) is 14.0. The molecule has 3 heterocycles. The minimum absolute atomic E-state index is 0.0863. The molecular weight excluding hydrogens is 538 g/mol. The number of urea groups is 1. The summed E-state index contributed by atoms with van der Waals surface area (Å²) >= 11 is 0. The second-order valence-electron chi connectivity index (χ2n) is 10.7. The lowest BCUT2D eigenvalue weighted by atomic mass is 9.68. The first-order valence-corrected chi connectivity index (χ1v) is 14.0. The maximum Gasteiger partial charge on any atom is 0.328 e. The molecule has 0 saturated carbocycles. The smallest absolute Gasteiger partial charge is 0.328 e. The number of rotatable bonds is 8. The largest absolute Gasteiger partial charge is 0.493 e. The fourth-order valence-electron chi connectivity index (χ4n) is 5.74. The summed E-state index contributed by atoms with van der Waals surface area (Å²) in [6, 6.07) is 15.8. The molecule has 0 unspecified atom stereocenters. The molecule has 0 spiro atoms. The molecule has 2 aliphatic rings. The van der Waals surface area contributed by atoms with Gasteiger partial charge in [0.2, 0.25) is 17.7 Å². The number of hydrogen-bond donors (Lipinski definition) is 3. The van der Waals surface area contributed by atoms with E-state index in [0.717, 1.165) is 22.2 Å². The van der Waals surface area contributed by atoms with Crippen molar-refractivity contribution in [2.45, 2.75) is 33.1 Å². The summed E-state index contributed by atoms with van der Waals surface area (Å²) in [6.07, 6.45) is 1.43. The molecule has 2 aliphatic heterocycles. The molecule has 3 N–H and O–H groups in total. The number of benzene rings is 2. The van der Waals surface area contributed by atoms with Crippen molar-refractivity contribution in [1.82, 2.24) is 25.8 Å². The van der Waals surface area contributed by atoms with Gasteiger partial charge in [0.15, 0.2) is 0 Å². The quantitative estimate of drug-likeness (QED) is 0.352. The Bertz CT molecular complexity index is 1530. The molecule has 218 valence electrons. The van der Waals surface area contributed by atoms with Gasteiger partial charge in [-0.25, -0.2) is 4.79 Å². The van der Waals surface area contributed by atoms with E-state index in [1.165, 1.54) is 6.92 Å². The number of barbiturate groups is 1. The molecular formula is C31H33N5O6. The molecule has 0 aliphatic carbocycles. The van der Waals surface area contributed by atoms with Crippen LogP contribution >= 0.6 is 0 Å². The van der Waals surface area contributed by atoms with Gasteiger partial charge in [-0.2, -0.15) is 0 Å². The third kappa shape index (κ3) is 5.81. The van der Waals surface area contributed by atoms with Crippen molar-refractivity contribution in [1.29, 1.82) is 0 Å². The van der Waals surface area contributed by atoms with Gasteiger partial charge in [0, 0.05) is 49.6 Å². The lowest BCUT2D eigenvalue weighted by molar-refractivity contribution is -0.149. The number of hydrogen-bond acceptors (Lipinski definition) is 7. The highest BCUT2D eigenvalue weighted by atomic mass is 16.5. The van der Waals surface area contributed by atoms with Crippen LogP contribution in [0, 0.1) is 18.3 Å². The van der Waals surface area contributed by atoms with Gasteiger partial charge in [-0.1, -0.05) is 18.2 Å². The highest BCUT2D eigenvalue weighted by Gasteiger charge is 2.56. The van der Waals surface area contributed by atoms with E-state index in [1.807, 2.05) is 31.2 Å². The summed E-state index contributed by atoms with van der Waals surface area (Å²) in [7, 11) is 0. The number of piperidine rings is 1. The predicted molar refractivity (Wildman–Crippen MR) is 154 cm³/mol. The van der Waals surface area contributed by atoms with Crippen molar-refractivity contribution >= 4 is 40.6 Å². The van der Waals surface area contributed by atoms with E-state index in [4.69, 9.17) is 4.74 Å². The maximum atomic E-state index is 13.1. The van der Waals surface area contributed by atoms with Crippen LogP contribution in [0.5, 0.6) is 5.75 Å². The SMILES string of the molecule is CC(=O)N1CCC(C2(CNC(=O)c3ccc(OCCc4cc5ccccc5nc4C)cc3)C(=O)NC(=O)NC2=O)CC1. The Kier molecular flexibility index (Phi) is 8.19. The zero-order valence-electron chi connectivity index (χ0n) is 23.6. The molecule has 6 amide bonds. The Labute approximate surface area is 243 Å². The van der Waals surface area contributed by atoms with Crippen molar-refractivity contribution in [3.05, 3.63) is 71.4 Å². The van der Waals surface area contributed by atoms with Crippen LogP contribution in [-0.2, 0) is 20.8 Å². The summed E-state index contributed by atoms with van der Waals surface area (Å²) in [4.78, 5) is 69.1. The summed E-state index contributed by atoms with van der Waals surface area (Å²) < 4.78 is 5.90. The number of para-hydroxylation sites is 1. The number of likely N-dealkylation sites (tertiary alicyclic amines) is 1. The molecule has 5 rings (SSSR count). The third-order valence-electron chi connectivity index (χ3n) is 8.21. The summed E-state index contributed by atoms with van der Waals surface area (Å²) in [6.45, 7) is 4.34. The molecule has 2 aromatic carbocycles. The number of nitrogens with zero attached hydrogens (tertiary/aromatic N) is 2. The minimum Gasteiger partial charge on any atom is -0.493 e. The number of amides is 6. The number of aromatic nitrogens is 1. The molecule has 11 nitrogen and oxygen atoms in total.